The molecule has 1 rings (SSSR count). The molecule has 1 fully saturated rings. The third-order valence-corrected chi connectivity index (χ3v) is 2.67. The summed E-state index contributed by atoms with van der Waals surface area (Å²) in [5, 5.41) is 28.1. The van der Waals surface area contributed by atoms with Crippen LogP contribution >= 0.6 is 7.82 Å². The number of phosphoric ester groups is 1. The molecule has 1 aliphatic heterocycles. The molecule has 0 amide bonds. The standard InChI is InChI=1S/C6H14NO8P/c7-1-2-3(8)5(15-16(11,12)13)4(9)6(10)14-2/h2-6,8-10H,1,7H2,(H2,11,12,13)/t2-,3-,4-,5+,6+/m1/s1. The average Bonchev–Trinajstić information content (AvgIpc) is 2.17. The first-order valence-electron chi connectivity index (χ1n) is 4.40. The van der Waals surface area contributed by atoms with Crippen LogP contribution in [0.5, 0.6) is 0 Å². The van der Waals surface area contributed by atoms with Gasteiger partial charge in [-0.3, -0.25) is 4.52 Å². The van der Waals surface area contributed by atoms with E-state index in [-0.39, 0.29) is 6.54 Å². The Morgan fingerprint density at radius 1 is 1.25 bits per heavy atom. The summed E-state index contributed by atoms with van der Waals surface area (Å²) >= 11 is 0. The summed E-state index contributed by atoms with van der Waals surface area (Å²) < 4.78 is 19.5. The minimum Gasteiger partial charge on any atom is -0.388 e. The Morgan fingerprint density at radius 2 is 1.81 bits per heavy atom. The molecule has 9 nitrogen and oxygen atoms in total. The molecule has 0 saturated carbocycles. The second kappa shape index (κ2) is 5.05. The third-order valence-electron chi connectivity index (χ3n) is 2.15. The molecule has 0 bridgehead atoms. The van der Waals surface area contributed by atoms with E-state index in [2.05, 4.69) is 4.52 Å². The van der Waals surface area contributed by atoms with Gasteiger partial charge in [0.25, 0.3) is 0 Å². The second-order valence-corrected chi connectivity index (χ2v) is 4.53. The van der Waals surface area contributed by atoms with E-state index >= 15 is 0 Å². The quantitative estimate of drug-likeness (QED) is 0.287. The number of rotatable bonds is 3. The minimum absolute atomic E-state index is 0.202. The van der Waals surface area contributed by atoms with E-state index in [0.29, 0.717) is 0 Å². The van der Waals surface area contributed by atoms with Crippen LogP contribution in [0.2, 0.25) is 0 Å². The molecule has 7 N–H and O–H groups in total. The number of nitrogens with two attached hydrogens (primary N) is 1. The van der Waals surface area contributed by atoms with Gasteiger partial charge in [0, 0.05) is 6.54 Å². The van der Waals surface area contributed by atoms with Crippen LogP contribution in [0.15, 0.2) is 0 Å². The van der Waals surface area contributed by atoms with Gasteiger partial charge in [-0.1, -0.05) is 0 Å². The Labute approximate surface area is 90.6 Å². The van der Waals surface area contributed by atoms with Crippen molar-refractivity contribution in [3.8, 4) is 0 Å². The number of hydrogen-bond acceptors (Lipinski definition) is 7. The summed E-state index contributed by atoms with van der Waals surface area (Å²) in [7, 11) is -4.90. The number of phosphoric acid groups is 1. The molecule has 1 heterocycles. The third kappa shape index (κ3) is 3.20. The molecule has 16 heavy (non-hydrogen) atoms. The van der Waals surface area contributed by atoms with Crippen molar-refractivity contribution >= 4 is 7.82 Å². The molecule has 1 aliphatic rings. The van der Waals surface area contributed by atoms with E-state index < -0.39 is 38.5 Å². The van der Waals surface area contributed by atoms with Crippen LogP contribution in [0.3, 0.4) is 0 Å². The lowest BCUT2D eigenvalue weighted by Crippen LogP contribution is -2.59. The van der Waals surface area contributed by atoms with Crippen molar-refractivity contribution in [2.75, 3.05) is 6.54 Å². The van der Waals surface area contributed by atoms with Crippen molar-refractivity contribution in [3.05, 3.63) is 0 Å². The van der Waals surface area contributed by atoms with Crippen molar-refractivity contribution in [1.29, 1.82) is 0 Å². The molecule has 0 aromatic heterocycles. The molecular formula is C6H14NO8P. The Bertz CT molecular complexity index is 282. The first-order chi connectivity index (χ1) is 7.26. The molecule has 0 aromatic carbocycles. The zero-order valence-electron chi connectivity index (χ0n) is 8.08. The predicted octanol–water partition coefficient (Wildman–Crippen LogP) is -3.14. The lowest BCUT2D eigenvalue weighted by molar-refractivity contribution is -0.276. The first-order valence-corrected chi connectivity index (χ1v) is 5.93. The summed E-state index contributed by atoms with van der Waals surface area (Å²) in [5.74, 6) is 0. The van der Waals surface area contributed by atoms with Crippen LogP contribution in [-0.4, -0.2) is 62.4 Å². The van der Waals surface area contributed by atoms with E-state index in [9.17, 15) is 19.9 Å². The van der Waals surface area contributed by atoms with E-state index in [1.807, 2.05) is 0 Å². The van der Waals surface area contributed by atoms with Crippen LogP contribution < -0.4 is 5.73 Å². The molecule has 0 aliphatic carbocycles. The van der Waals surface area contributed by atoms with Crippen molar-refractivity contribution < 1.29 is 38.9 Å². The Hall–Kier alpha value is -0.0900. The van der Waals surface area contributed by atoms with Crippen LogP contribution in [-0.2, 0) is 13.8 Å². The summed E-state index contributed by atoms with van der Waals surface area (Å²) in [6.45, 7) is -0.202. The molecular weight excluding hydrogens is 245 g/mol. The van der Waals surface area contributed by atoms with Crippen molar-refractivity contribution in [2.24, 2.45) is 5.73 Å². The fourth-order valence-corrected chi connectivity index (χ4v) is 1.96. The molecule has 0 radical (unpaired) electrons. The molecule has 0 spiro atoms. The van der Waals surface area contributed by atoms with Gasteiger partial charge >= 0.3 is 7.82 Å². The smallest absolute Gasteiger partial charge is 0.388 e. The molecule has 1 saturated heterocycles. The Kier molecular flexibility index (Phi) is 4.41. The lowest BCUT2D eigenvalue weighted by Gasteiger charge is -2.39. The normalized spacial score (nSPS) is 41.0. The lowest BCUT2D eigenvalue weighted by atomic mass is 9.99. The van der Waals surface area contributed by atoms with Crippen molar-refractivity contribution in [1.82, 2.24) is 0 Å². The molecule has 10 heteroatoms. The summed E-state index contributed by atoms with van der Waals surface area (Å²) in [6.07, 6.45) is -7.79. The highest BCUT2D eigenvalue weighted by Crippen LogP contribution is 2.40. The van der Waals surface area contributed by atoms with E-state index in [1.165, 1.54) is 0 Å². The highest BCUT2D eigenvalue weighted by atomic mass is 31.2. The number of aliphatic hydroxyl groups excluding tert-OH is 3. The molecule has 5 atom stereocenters. The maximum atomic E-state index is 10.6. The number of ether oxygens (including phenoxy) is 1. The largest absolute Gasteiger partial charge is 0.470 e. The number of aliphatic hydroxyl groups is 3. The van der Waals surface area contributed by atoms with E-state index in [0.717, 1.165) is 0 Å². The van der Waals surface area contributed by atoms with Crippen LogP contribution in [0, 0.1) is 0 Å². The van der Waals surface area contributed by atoms with Gasteiger partial charge in [0.1, 0.15) is 24.4 Å². The highest BCUT2D eigenvalue weighted by molar-refractivity contribution is 7.46. The molecule has 96 valence electrons. The van der Waals surface area contributed by atoms with Crippen LogP contribution in [0.4, 0.5) is 0 Å². The van der Waals surface area contributed by atoms with Gasteiger partial charge in [0.15, 0.2) is 6.29 Å². The fraction of sp³-hybridized carbons (Fsp3) is 1.00. The summed E-state index contributed by atoms with van der Waals surface area (Å²) in [4.78, 5) is 17.1. The molecule has 0 unspecified atom stereocenters. The summed E-state index contributed by atoms with van der Waals surface area (Å²) in [5.41, 5.74) is 5.20. The van der Waals surface area contributed by atoms with Gasteiger partial charge < -0.3 is 35.6 Å². The van der Waals surface area contributed by atoms with Gasteiger partial charge in [-0.15, -0.1) is 0 Å². The van der Waals surface area contributed by atoms with Crippen molar-refractivity contribution in [3.63, 3.8) is 0 Å². The first kappa shape index (κ1) is 14.0. The highest BCUT2D eigenvalue weighted by Gasteiger charge is 2.46. The SMILES string of the molecule is NC[C@H]1O[C@H](O)[C@H](O)[C@@H](OP(=O)(O)O)[C@@H]1O. The maximum Gasteiger partial charge on any atom is 0.470 e. The zero-order chi connectivity index (χ0) is 12.5. The van der Waals surface area contributed by atoms with Gasteiger partial charge in [-0.25, -0.2) is 4.57 Å². The molecule has 0 aromatic rings. The van der Waals surface area contributed by atoms with E-state index in [4.69, 9.17) is 20.3 Å². The topological polar surface area (TPSA) is 163 Å². The van der Waals surface area contributed by atoms with Crippen LogP contribution in [0.25, 0.3) is 0 Å². The average molecular weight is 259 g/mol. The number of hydrogen-bond donors (Lipinski definition) is 6. The second-order valence-electron chi connectivity index (χ2n) is 3.34. The van der Waals surface area contributed by atoms with Crippen molar-refractivity contribution in [2.45, 2.75) is 30.7 Å². The zero-order valence-corrected chi connectivity index (χ0v) is 8.97. The fourth-order valence-electron chi connectivity index (χ4n) is 1.39. The van der Waals surface area contributed by atoms with E-state index in [1.54, 1.807) is 0 Å². The van der Waals surface area contributed by atoms with Gasteiger partial charge in [-0.2, -0.15) is 0 Å². The summed E-state index contributed by atoms with van der Waals surface area (Å²) in [6, 6.07) is 0. The van der Waals surface area contributed by atoms with Gasteiger partial charge in [0.05, 0.1) is 0 Å². The Balaban J connectivity index is 2.81. The van der Waals surface area contributed by atoms with Crippen LogP contribution in [0.1, 0.15) is 0 Å². The predicted molar refractivity (Wildman–Crippen MR) is 48.9 cm³/mol. The monoisotopic (exact) mass is 259 g/mol. The minimum atomic E-state index is -4.90. The maximum absolute atomic E-state index is 10.6. The van der Waals surface area contributed by atoms with Gasteiger partial charge in [0.2, 0.25) is 0 Å². The van der Waals surface area contributed by atoms with Gasteiger partial charge in [-0.05, 0) is 0 Å². The Morgan fingerprint density at radius 3 is 2.25 bits per heavy atom.